The lowest BCUT2D eigenvalue weighted by Gasteiger charge is -2.27. The van der Waals surface area contributed by atoms with E-state index in [0.29, 0.717) is 18.8 Å². The molecule has 0 atom stereocenters. The van der Waals surface area contributed by atoms with Crippen molar-refractivity contribution in [1.82, 2.24) is 10.2 Å². The summed E-state index contributed by atoms with van der Waals surface area (Å²) < 4.78 is 0. The van der Waals surface area contributed by atoms with E-state index >= 15 is 0 Å². The van der Waals surface area contributed by atoms with Crippen molar-refractivity contribution in [1.29, 1.82) is 0 Å². The molecule has 0 aromatic heterocycles. The number of hydrogen-bond acceptors (Lipinski definition) is 5. The molecule has 108 valence electrons. The van der Waals surface area contributed by atoms with Crippen LogP contribution in [0.2, 0.25) is 0 Å². The van der Waals surface area contributed by atoms with Crippen LogP contribution in [0, 0.1) is 17.0 Å². The van der Waals surface area contributed by atoms with E-state index in [1.807, 2.05) is 0 Å². The molecule has 7 nitrogen and oxygen atoms in total. The van der Waals surface area contributed by atoms with Crippen molar-refractivity contribution >= 4 is 17.3 Å². The normalized spacial score (nSPS) is 14.9. The van der Waals surface area contributed by atoms with E-state index in [-0.39, 0.29) is 18.1 Å². The van der Waals surface area contributed by atoms with Crippen LogP contribution in [0.3, 0.4) is 0 Å². The van der Waals surface area contributed by atoms with Gasteiger partial charge in [-0.15, -0.1) is 0 Å². The van der Waals surface area contributed by atoms with Gasteiger partial charge in [0.05, 0.1) is 11.5 Å². The Morgan fingerprint density at radius 2 is 2.10 bits per heavy atom. The number of rotatable bonds is 4. The molecule has 1 amide bonds. The summed E-state index contributed by atoms with van der Waals surface area (Å²) in [6.45, 7) is 4.96. The first-order valence-corrected chi connectivity index (χ1v) is 6.55. The zero-order valence-electron chi connectivity index (χ0n) is 11.4. The molecule has 1 saturated heterocycles. The van der Waals surface area contributed by atoms with Crippen molar-refractivity contribution in [3.8, 4) is 0 Å². The molecular weight excluding hydrogens is 260 g/mol. The second-order valence-electron chi connectivity index (χ2n) is 4.80. The highest BCUT2D eigenvalue weighted by Gasteiger charge is 2.16. The van der Waals surface area contributed by atoms with Crippen LogP contribution in [0.15, 0.2) is 18.2 Å². The van der Waals surface area contributed by atoms with Crippen molar-refractivity contribution in [3.63, 3.8) is 0 Å². The summed E-state index contributed by atoms with van der Waals surface area (Å²) in [7, 11) is 0. The van der Waals surface area contributed by atoms with Crippen LogP contribution in [0.25, 0.3) is 0 Å². The Balaban J connectivity index is 1.96. The molecule has 1 aromatic carbocycles. The Labute approximate surface area is 117 Å². The lowest BCUT2D eigenvalue weighted by molar-refractivity contribution is -0.384. The van der Waals surface area contributed by atoms with Gasteiger partial charge in [-0.05, 0) is 18.6 Å². The number of piperazine rings is 1. The van der Waals surface area contributed by atoms with Gasteiger partial charge in [0.25, 0.3) is 5.69 Å². The van der Waals surface area contributed by atoms with Crippen molar-refractivity contribution < 1.29 is 9.72 Å². The predicted octanol–water partition coefficient (Wildman–Crippen LogP) is 0.747. The number of carbonyl (C=O) groups excluding carboxylic acids is 1. The molecule has 1 aliphatic heterocycles. The smallest absolute Gasteiger partial charge is 0.271 e. The predicted molar refractivity (Wildman–Crippen MR) is 75.8 cm³/mol. The average molecular weight is 278 g/mol. The summed E-state index contributed by atoms with van der Waals surface area (Å²) >= 11 is 0. The number of anilines is 1. The third kappa shape index (κ3) is 3.67. The highest BCUT2D eigenvalue weighted by Crippen LogP contribution is 2.20. The van der Waals surface area contributed by atoms with Gasteiger partial charge < -0.3 is 15.5 Å². The summed E-state index contributed by atoms with van der Waals surface area (Å²) in [5.74, 6) is 0.00987. The molecule has 0 radical (unpaired) electrons. The van der Waals surface area contributed by atoms with Crippen LogP contribution in [-0.4, -0.2) is 48.5 Å². The fourth-order valence-electron chi connectivity index (χ4n) is 2.17. The standard InChI is InChI=1S/C13H18N4O3/c1-10-6-11(8-12(7-10)17(19)20)15-9-13(18)16-4-2-14-3-5-16/h6-8,14-15H,2-5,9H2,1H3. The maximum Gasteiger partial charge on any atom is 0.271 e. The lowest BCUT2D eigenvalue weighted by atomic mass is 10.2. The Morgan fingerprint density at radius 1 is 1.40 bits per heavy atom. The minimum atomic E-state index is -0.434. The molecule has 0 saturated carbocycles. The number of nitro benzene ring substituents is 1. The molecule has 0 bridgehead atoms. The van der Waals surface area contributed by atoms with Crippen LogP contribution in [0.4, 0.5) is 11.4 Å². The largest absolute Gasteiger partial charge is 0.376 e. The highest BCUT2D eigenvalue weighted by molar-refractivity contribution is 5.81. The van der Waals surface area contributed by atoms with Gasteiger partial charge in [-0.1, -0.05) is 0 Å². The second-order valence-corrected chi connectivity index (χ2v) is 4.80. The lowest BCUT2D eigenvalue weighted by Crippen LogP contribution is -2.48. The maximum atomic E-state index is 12.0. The molecule has 1 heterocycles. The summed E-state index contributed by atoms with van der Waals surface area (Å²) in [6, 6.07) is 4.74. The number of nitro groups is 1. The minimum Gasteiger partial charge on any atom is -0.376 e. The zero-order chi connectivity index (χ0) is 14.5. The molecule has 7 heteroatoms. The Kier molecular flexibility index (Phi) is 4.52. The van der Waals surface area contributed by atoms with Crippen LogP contribution in [-0.2, 0) is 4.79 Å². The number of nitrogens with one attached hydrogen (secondary N) is 2. The quantitative estimate of drug-likeness (QED) is 0.626. The Hall–Kier alpha value is -2.15. The summed E-state index contributed by atoms with van der Waals surface area (Å²) in [4.78, 5) is 24.1. The van der Waals surface area contributed by atoms with Gasteiger partial charge >= 0.3 is 0 Å². The summed E-state index contributed by atoms with van der Waals surface area (Å²) in [6.07, 6.45) is 0. The van der Waals surface area contributed by atoms with Gasteiger partial charge in [-0.25, -0.2) is 0 Å². The number of non-ortho nitro benzene ring substituents is 1. The summed E-state index contributed by atoms with van der Waals surface area (Å²) in [5.41, 5.74) is 1.42. The van der Waals surface area contributed by atoms with Crippen LogP contribution in [0.1, 0.15) is 5.56 Å². The average Bonchev–Trinajstić information content (AvgIpc) is 2.45. The van der Waals surface area contributed by atoms with Crippen LogP contribution in [0.5, 0.6) is 0 Å². The third-order valence-corrected chi connectivity index (χ3v) is 3.19. The molecule has 20 heavy (non-hydrogen) atoms. The molecule has 0 unspecified atom stereocenters. The molecule has 1 aromatic rings. The SMILES string of the molecule is Cc1cc(NCC(=O)N2CCNCC2)cc([N+](=O)[O-])c1. The molecule has 1 fully saturated rings. The molecule has 0 spiro atoms. The van der Waals surface area contributed by atoms with E-state index < -0.39 is 4.92 Å². The molecule has 0 aliphatic carbocycles. The fourth-order valence-corrected chi connectivity index (χ4v) is 2.17. The van der Waals surface area contributed by atoms with E-state index in [9.17, 15) is 14.9 Å². The molecule has 2 N–H and O–H groups in total. The van der Waals surface area contributed by atoms with Crippen molar-refractivity contribution in [2.75, 3.05) is 38.0 Å². The number of aryl methyl sites for hydroxylation is 1. The van der Waals surface area contributed by atoms with Gasteiger partial charge in [0, 0.05) is 44.0 Å². The van der Waals surface area contributed by atoms with Crippen LogP contribution >= 0.6 is 0 Å². The monoisotopic (exact) mass is 278 g/mol. The van der Waals surface area contributed by atoms with E-state index in [1.54, 1.807) is 17.9 Å². The van der Waals surface area contributed by atoms with E-state index in [0.717, 1.165) is 18.7 Å². The second kappa shape index (κ2) is 6.33. The van der Waals surface area contributed by atoms with Crippen molar-refractivity contribution in [3.05, 3.63) is 33.9 Å². The zero-order valence-corrected chi connectivity index (χ0v) is 11.4. The van der Waals surface area contributed by atoms with Crippen LogP contribution < -0.4 is 10.6 Å². The molecule has 2 rings (SSSR count). The topological polar surface area (TPSA) is 87.5 Å². The highest BCUT2D eigenvalue weighted by atomic mass is 16.6. The van der Waals surface area contributed by atoms with Gasteiger partial charge in [0.1, 0.15) is 0 Å². The molecule has 1 aliphatic rings. The Bertz CT molecular complexity index is 512. The Morgan fingerprint density at radius 3 is 2.75 bits per heavy atom. The first-order chi connectivity index (χ1) is 9.56. The fraction of sp³-hybridized carbons (Fsp3) is 0.462. The third-order valence-electron chi connectivity index (χ3n) is 3.19. The number of carbonyl (C=O) groups is 1. The van der Waals surface area contributed by atoms with Gasteiger partial charge in [-0.3, -0.25) is 14.9 Å². The van der Waals surface area contributed by atoms with E-state index in [4.69, 9.17) is 0 Å². The first-order valence-electron chi connectivity index (χ1n) is 6.55. The van der Waals surface area contributed by atoms with E-state index in [2.05, 4.69) is 10.6 Å². The van der Waals surface area contributed by atoms with Crippen molar-refractivity contribution in [2.24, 2.45) is 0 Å². The van der Waals surface area contributed by atoms with E-state index in [1.165, 1.54) is 12.1 Å². The molecular formula is C13H18N4O3. The number of hydrogen-bond donors (Lipinski definition) is 2. The number of amides is 1. The number of benzene rings is 1. The minimum absolute atomic E-state index is 0.00987. The first kappa shape index (κ1) is 14.3. The van der Waals surface area contributed by atoms with Crippen molar-refractivity contribution in [2.45, 2.75) is 6.92 Å². The maximum absolute atomic E-state index is 12.0. The van der Waals surface area contributed by atoms with Gasteiger partial charge in [-0.2, -0.15) is 0 Å². The summed E-state index contributed by atoms with van der Waals surface area (Å²) in [5, 5.41) is 16.9. The van der Waals surface area contributed by atoms with Gasteiger partial charge in [0.2, 0.25) is 5.91 Å². The van der Waals surface area contributed by atoms with Gasteiger partial charge in [0.15, 0.2) is 0 Å². The number of nitrogens with zero attached hydrogens (tertiary/aromatic N) is 2.